The second kappa shape index (κ2) is 10.7. The minimum absolute atomic E-state index is 0.0276. The molecule has 4 aromatic rings. The number of Topliss-reactive ketones (excluding diaryl/α,β-unsaturated/α-hetero) is 1. The van der Waals surface area contributed by atoms with Gasteiger partial charge in [-0.2, -0.15) is 0 Å². The highest BCUT2D eigenvalue weighted by molar-refractivity contribution is 7.22. The molecular formula is C33H32N2O5S. The Bertz CT molecular complexity index is 1720. The smallest absolute Gasteiger partial charge is 0.301 e. The van der Waals surface area contributed by atoms with E-state index in [2.05, 4.69) is 6.92 Å². The number of ether oxygens (including phenoxy) is 2. The van der Waals surface area contributed by atoms with Crippen molar-refractivity contribution in [3.05, 3.63) is 88.0 Å². The van der Waals surface area contributed by atoms with Gasteiger partial charge in [-0.25, -0.2) is 4.98 Å². The van der Waals surface area contributed by atoms with Gasteiger partial charge in [0.25, 0.3) is 5.78 Å². The van der Waals surface area contributed by atoms with E-state index >= 15 is 0 Å². The molecule has 7 nitrogen and oxygen atoms in total. The predicted molar refractivity (Wildman–Crippen MR) is 161 cm³/mol. The maximum Gasteiger partial charge on any atom is 0.301 e. The number of aliphatic hydroxyl groups is 1. The molecule has 3 aromatic carbocycles. The number of hydrogen-bond acceptors (Lipinski definition) is 7. The van der Waals surface area contributed by atoms with Gasteiger partial charge in [0.1, 0.15) is 23.4 Å². The van der Waals surface area contributed by atoms with Gasteiger partial charge in [0.2, 0.25) is 0 Å². The molecule has 0 bridgehead atoms. The molecule has 2 atom stereocenters. The predicted octanol–water partition coefficient (Wildman–Crippen LogP) is 7.04. The number of nitrogens with zero attached hydrogens (tertiary/aromatic N) is 2. The topological polar surface area (TPSA) is 89.0 Å². The van der Waals surface area contributed by atoms with Gasteiger partial charge in [-0.3, -0.25) is 14.5 Å². The lowest BCUT2D eigenvalue weighted by molar-refractivity contribution is -0.132. The Morgan fingerprint density at radius 3 is 2.78 bits per heavy atom. The highest BCUT2D eigenvalue weighted by Crippen LogP contribution is 2.45. The number of hydrogen-bond donors (Lipinski definition) is 1. The van der Waals surface area contributed by atoms with Crippen LogP contribution in [-0.2, 0) is 16.0 Å². The highest BCUT2D eigenvalue weighted by atomic mass is 32.1. The Balaban J connectivity index is 1.51. The molecule has 1 aromatic heterocycles. The number of ketones is 1. The van der Waals surface area contributed by atoms with E-state index in [4.69, 9.17) is 14.5 Å². The zero-order valence-corrected chi connectivity index (χ0v) is 24.4. The van der Waals surface area contributed by atoms with Crippen LogP contribution in [0, 0.1) is 13.8 Å². The van der Waals surface area contributed by atoms with E-state index in [0.717, 1.165) is 45.5 Å². The summed E-state index contributed by atoms with van der Waals surface area (Å²) >= 11 is 1.36. The number of carbonyl (C=O) groups excluding carboxylic acids is 2. The van der Waals surface area contributed by atoms with Gasteiger partial charge in [-0.1, -0.05) is 42.9 Å². The van der Waals surface area contributed by atoms with Gasteiger partial charge in [0.15, 0.2) is 5.13 Å². The lowest BCUT2D eigenvalue weighted by Gasteiger charge is -2.23. The zero-order chi connectivity index (χ0) is 28.8. The SMILES string of the molecule is CCCCOc1cccc([C@@H]2/C(=C(\O)c3ccc4c(c3)C[C@@H](C)O4)C(=O)C(=O)N2c2nc3c(C)cc(C)cc3s2)c1. The van der Waals surface area contributed by atoms with Gasteiger partial charge in [0, 0.05) is 12.0 Å². The number of fused-ring (bicyclic) bond motifs is 2. The summed E-state index contributed by atoms with van der Waals surface area (Å²) in [4.78, 5) is 33.7. The number of thiazole rings is 1. The number of aliphatic hydroxyl groups excluding tert-OH is 1. The van der Waals surface area contributed by atoms with Crippen LogP contribution < -0.4 is 14.4 Å². The third kappa shape index (κ3) is 4.86. The van der Waals surface area contributed by atoms with Crippen molar-refractivity contribution in [2.75, 3.05) is 11.5 Å². The van der Waals surface area contributed by atoms with Crippen molar-refractivity contribution in [3.63, 3.8) is 0 Å². The van der Waals surface area contributed by atoms with Crippen molar-refractivity contribution in [1.29, 1.82) is 0 Å². The van der Waals surface area contributed by atoms with Crippen LogP contribution in [0.3, 0.4) is 0 Å². The molecule has 0 unspecified atom stereocenters. The molecule has 0 radical (unpaired) electrons. The summed E-state index contributed by atoms with van der Waals surface area (Å²) in [7, 11) is 0. The molecule has 0 saturated carbocycles. The maximum absolute atomic E-state index is 13.7. The number of aromatic nitrogens is 1. The van der Waals surface area contributed by atoms with E-state index in [1.165, 1.54) is 16.2 Å². The molecule has 3 heterocycles. The summed E-state index contributed by atoms with van der Waals surface area (Å²) in [5.74, 6) is -0.282. The zero-order valence-electron chi connectivity index (χ0n) is 23.6. The molecule has 2 aliphatic heterocycles. The summed E-state index contributed by atoms with van der Waals surface area (Å²) in [6.45, 7) is 8.65. The van der Waals surface area contributed by atoms with E-state index in [0.29, 0.717) is 35.0 Å². The van der Waals surface area contributed by atoms with Crippen molar-refractivity contribution in [2.24, 2.45) is 0 Å². The largest absolute Gasteiger partial charge is 0.507 e. The molecule has 2 aliphatic rings. The first-order valence-electron chi connectivity index (χ1n) is 14.0. The average molecular weight is 569 g/mol. The van der Waals surface area contributed by atoms with E-state index in [9.17, 15) is 14.7 Å². The van der Waals surface area contributed by atoms with Crippen molar-refractivity contribution in [2.45, 2.75) is 59.1 Å². The number of amides is 1. The number of rotatable bonds is 7. The third-order valence-electron chi connectivity index (χ3n) is 7.58. The molecule has 1 N–H and O–H groups in total. The van der Waals surface area contributed by atoms with Crippen LogP contribution in [0.15, 0.2) is 60.2 Å². The van der Waals surface area contributed by atoms with E-state index in [-0.39, 0.29) is 17.4 Å². The fraction of sp³-hybridized carbons (Fsp3) is 0.303. The maximum atomic E-state index is 13.7. The summed E-state index contributed by atoms with van der Waals surface area (Å²) in [6.07, 6.45) is 2.65. The van der Waals surface area contributed by atoms with E-state index in [1.807, 2.05) is 63.2 Å². The second-order valence-electron chi connectivity index (χ2n) is 10.8. The number of anilines is 1. The van der Waals surface area contributed by atoms with Crippen LogP contribution in [-0.4, -0.2) is 34.5 Å². The Morgan fingerprint density at radius 2 is 1.98 bits per heavy atom. The van der Waals surface area contributed by atoms with Crippen LogP contribution in [0.1, 0.15) is 60.5 Å². The number of benzene rings is 3. The Labute approximate surface area is 243 Å². The number of carbonyl (C=O) groups is 2. The Morgan fingerprint density at radius 1 is 1.15 bits per heavy atom. The third-order valence-corrected chi connectivity index (χ3v) is 8.58. The molecule has 0 aliphatic carbocycles. The molecule has 8 heteroatoms. The summed E-state index contributed by atoms with van der Waals surface area (Å²) in [6, 6.07) is 16.0. The first-order chi connectivity index (χ1) is 19.7. The molecular weight excluding hydrogens is 536 g/mol. The lowest BCUT2D eigenvalue weighted by atomic mass is 9.94. The summed E-state index contributed by atoms with van der Waals surface area (Å²) in [5, 5.41) is 12.1. The van der Waals surface area contributed by atoms with Crippen molar-refractivity contribution >= 4 is 44.1 Å². The van der Waals surface area contributed by atoms with Crippen LogP contribution in [0.25, 0.3) is 16.0 Å². The first-order valence-corrected chi connectivity index (χ1v) is 14.8. The first kappa shape index (κ1) is 27.0. The van der Waals surface area contributed by atoms with E-state index < -0.39 is 17.7 Å². The summed E-state index contributed by atoms with van der Waals surface area (Å²) in [5.41, 5.74) is 4.99. The monoisotopic (exact) mass is 568 g/mol. The fourth-order valence-electron chi connectivity index (χ4n) is 5.64. The van der Waals surface area contributed by atoms with Gasteiger partial charge < -0.3 is 14.6 Å². The van der Waals surface area contributed by atoms with Crippen LogP contribution in [0.2, 0.25) is 0 Å². The lowest BCUT2D eigenvalue weighted by Crippen LogP contribution is -2.29. The quantitative estimate of drug-likeness (QED) is 0.111. The average Bonchev–Trinajstić information content (AvgIpc) is 3.61. The molecule has 210 valence electrons. The number of unbranched alkanes of at least 4 members (excludes halogenated alkanes) is 1. The van der Waals surface area contributed by atoms with Crippen LogP contribution in [0.4, 0.5) is 5.13 Å². The molecule has 41 heavy (non-hydrogen) atoms. The summed E-state index contributed by atoms with van der Waals surface area (Å²) < 4.78 is 12.7. The van der Waals surface area contributed by atoms with Gasteiger partial charge in [-0.15, -0.1) is 0 Å². The van der Waals surface area contributed by atoms with Gasteiger partial charge >= 0.3 is 5.91 Å². The normalized spacial score (nSPS) is 19.6. The minimum atomic E-state index is -0.880. The standard InChI is InChI=1S/C33H32N2O5S/c1-5-6-12-39-24-9-7-8-21(17-24)29-27(30(36)22-10-11-25-23(16-22)15-20(4)40-25)31(37)32(38)35(29)33-34-28-19(3)13-18(2)14-26(28)41-33/h7-11,13-14,16-17,20,29,36H,5-6,12,15H2,1-4H3/b30-27+/t20-,29-/m1/s1. The van der Waals surface area contributed by atoms with Crippen molar-refractivity contribution in [3.8, 4) is 11.5 Å². The highest BCUT2D eigenvalue weighted by Gasteiger charge is 2.48. The molecule has 6 rings (SSSR count). The number of aryl methyl sites for hydroxylation is 2. The van der Waals surface area contributed by atoms with Crippen molar-refractivity contribution < 1.29 is 24.2 Å². The molecule has 1 amide bonds. The van der Waals surface area contributed by atoms with Crippen molar-refractivity contribution in [1.82, 2.24) is 4.98 Å². The molecule has 0 spiro atoms. The minimum Gasteiger partial charge on any atom is -0.507 e. The van der Waals surface area contributed by atoms with Crippen LogP contribution >= 0.6 is 11.3 Å². The molecule has 1 saturated heterocycles. The molecule has 1 fully saturated rings. The Kier molecular flexibility index (Phi) is 7.03. The van der Waals surface area contributed by atoms with Gasteiger partial charge in [-0.05, 0) is 85.8 Å². The Hall–Kier alpha value is -4.17. The second-order valence-corrected chi connectivity index (χ2v) is 11.8. The fourth-order valence-corrected chi connectivity index (χ4v) is 6.81. The van der Waals surface area contributed by atoms with Crippen LogP contribution in [0.5, 0.6) is 11.5 Å². The van der Waals surface area contributed by atoms with E-state index in [1.54, 1.807) is 12.1 Å². The van der Waals surface area contributed by atoms with Gasteiger partial charge in [0.05, 0.1) is 28.4 Å².